The summed E-state index contributed by atoms with van der Waals surface area (Å²) in [5.74, 6) is 0.0664. The Labute approximate surface area is 217 Å². The molecule has 1 aromatic heterocycles. The van der Waals surface area contributed by atoms with Crippen molar-refractivity contribution in [3.05, 3.63) is 103 Å². The lowest BCUT2D eigenvalue weighted by Gasteiger charge is -2.24. The van der Waals surface area contributed by atoms with Crippen LogP contribution in [0, 0.1) is 0 Å². The molecule has 37 heavy (non-hydrogen) atoms. The number of allylic oxidation sites excluding steroid dienone is 1. The first kappa shape index (κ1) is 25.8. The lowest BCUT2D eigenvalue weighted by Crippen LogP contribution is -2.39. The summed E-state index contributed by atoms with van der Waals surface area (Å²) in [6.45, 7) is 9.00. The van der Waals surface area contributed by atoms with E-state index in [0.29, 0.717) is 49.8 Å². The van der Waals surface area contributed by atoms with Gasteiger partial charge in [-0.25, -0.2) is 9.79 Å². The topological polar surface area (TPSA) is 96.2 Å². The lowest BCUT2D eigenvalue weighted by molar-refractivity contribution is -0.139. The number of rotatable bonds is 8. The number of nitrogens with zero attached hydrogens (tertiary/aromatic N) is 2. The Morgan fingerprint density at radius 1 is 1.16 bits per heavy atom. The molecular formula is C28H26N2O6S. The third kappa shape index (κ3) is 5.62. The van der Waals surface area contributed by atoms with Crippen LogP contribution in [0.2, 0.25) is 0 Å². The Hall–Kier alpha value is -4.24. The summed E-state index contributed by atoms with van der Waals surface area (Å²) >= 11 is 1.22. The zero-order valence-corrected chi connectivity index (χ0v) is 21.5. The van der Waals surface area contributed by atoms with Crippen molar-refractivity contribution in [3.8, 4) is 11.5 Å². The van der Waals surface area contributed by atoms with Gasteiger partial charge in [-0.3, -0.25) is 14.2 Å². The standard InChI is InChI=1S/C28H26N2O6S/c1-5-14-35-21-12-10-20(11-13-21)25-24(27(33)34-6-2)17(3)29-28-30(25)26(32)23(37-28)16-19-8-7-9-22(15-19)36-18(4)31/h5,7-13,15-16,25H,1,6,14H2,2-4H3. The number of ether oxygens (including phenoxy) is 3. The van der Waals surface area contributed by atoms with Crippen molar-refractivity contribution >= 4 is 29.4 Å². The van der Waals surface area contributed by atoms with E-state index < -0.39 is 18.0 Å². The molecule has 2 aromatic carbocycles. The molecule has 0 saturated carbocycles. The number of hydrogen-bond donors (Lipinski definition) is 0. The van der Waals surface area contributed by atoms with E-state index in [4.69, 9.17) is 14.2 Å². The molecule has 2 heterocycles. The second-order valence-electron chi connectivity index (χ2n) is 8.14. The fraction of sp³-hybridized carbons (Fsp3) is 0.214. The van der Waals surface area contributed by atoms with Crippen LogP contribution in [0.25, 0.3) is 6.08 Å². The van der Waals surface area contributed by atoms with Gasteiger partial charge in [-0.05, 0) is 55.3 Å². The van der Waals surface area contributed by atoms with Gasteiger partial charge in [0.25, 0.3) is 5.56 Å². The van der Waals surface area contributed by atoms with Crippen LogP contribution in [0.1, 0.15) is 37.9 Å². The number of benzene rings is 2. The van der Waals surface area contributed by atoms with Crippen molar-refractivity contribution in [2.45, 2.75) is 26.8 Å². The Morgan fingerprint density at radius 3 is 2.59 bits per heavy atom. The molecule has 0 aliphatic carbocycles. The minimum absolute atomic E-state index is 0.194. The summed E-state index contributed by atoms with van der Waals surface area (Å²) < 4.78 is 18.0. The van der Waals surface area contributed by atoms with Gasteiger partial charge in [-0.2, -0.15) is 0 Å². The normalized spacial score (nSPS) is 15.0. The van der Waals surface area contributed by atoms with E-state index >= 15 is 0 Å². The molecule has 0 amide bonds. The van der Waals surface area contributed by atoms with Gasteiger partial charge < -0.3 is 14.2 Å². The predicted octanol–water partition coefficient (Wildman–Crippen LogP) is 3.29. The maximum atomic E-state index is 13.7. The second-order valence-corrected chi connectivity index (χ2v) is 9.15. The molecule has 9 heteroatoms. The predicted molar refractivity (Wildman–Crippen MR) is 140 cm³/mol. The minimum atomic E-state index is -0.724. The molecular weight excluding hydrogens is 492 g/mol. The number of fused-ring (bicyclic) bond motifs is 1. The first-order chi connectivity index (χ1) is 17.8. The van der Waals surface area contributed by atoms with Crippen LogP contribution >= 0.6 is 11.3 Å². The number of thiazole rings is 1. The van der Waals surface area contributed by atoms with E-state index in [2.05, 4.69) is 11.6 Å². The summed E-state index contributed by atoms with van der Waals surface area (Å²) in [5, 5.41) is 0. The van der Waals surface area contributed by atoms with Crippen molar-refractivity contribution < 1.29 is 23.8 Å². The van der Waals surface area contributed by atoms with Gasteiger partial charge in [-0.1, -0.05) is 48.3 Å². The maximum Gasteiger partial charge on any atom is 0.338 e. The van der Waals surface area contributed by atoms with Crippen molar-refractivity contribution in [1.82, 2.24) is 4.57 Å². The molecule has 8 nitrogen and oxygen atoms in total. The number of carbonyl (C=O) groups is 2. The third-order valence-electron chi connectivity index (χ3n) is 5.50. The van der Waals surface area contributed by atoms with Gasteiger partial charge in [0.1, 0.15) is 18.1 Å². The van der Waals surface area contributed by atoms with Crippen molar-refractivity contribution in [3.63, 3.8) is 0 Å². The Bertz CT molecular complexity index is 1560. The molecule has 0 bridgehead atoms. The van der Waals surface area contributed by atoms with E-state index in [1.165, 1.54) is 22.8 Å². The molecule has 3 aromatic rings. The van der Waals surface area contributed by atoms with E-state index in [0.717, 1.165) is 0 Å². The third-order valence-corrected chi connectivity index (χ3v) is 6.48. The van der Waals surface area contributed by atoms with Gasteiger partial charge in [0.15, 0.2) is 4.80 Å². The zero-order valence-electron chi connectivity index (χ0n) is 20.7. The first-order valence-corrected chi connectivity index (χ1v) is 12.5. The van der Waals surface area contributed by atoms with Gasteiger partial charge in [0.05, 0.1) is 28.5 Å². The monoisotopic (exact) mass is 518 g/mol. The highest BCUT2D eigenvalue weighted by atomic mass is 32.1. The molecule has 1 aliphatic rings. The number of hydrogen-bond acceptors (Lipinski definition) is 8. The summed E-state index contributed by atoms with van der Waals surface area (Å²) in [7, 11) is 0. The van der Waals surface area contributed by atoms with Gasteiger partial charge >= 0.3 is 11.9 Å². The van der Waals surface area contributed by atoms with Crippen LogP contribution in [0.15, 0.2) is 82.2 Å². The van der Waals surface area contributed by atoms with Gasteiger partial charge in [-0.15, -0.1) is 0 Å². The minimum Gasteiger partial charge on any atom is -0.490 e. The number of esters is 2. The highest BCUT2D eigenvalue weighted by Gasteiger charge is 2.33. The van der Waals surface area contributed by atoms with E-state index in [9.17, 15) is 14.4 Å². The molecule has 1 aliphatic heterocycles. The summed E-state index contributed by atoms with van der Waals surface area (Å²) in [6.07, 6.45) is 3.36. The quantitative estimate of drug-likeness (QED) is 0.258. The Morgan fingerprint density at radius 2 is 1.92 bits per heavy atom. The van der Waals surface area contributed by atoms with Gasteiger partial charge in [0, 0.05) is 6.92 Å². The number of aromatic nitrogens is 1. The Balaban J connectivity index is 1.85. The zero-order chi connectivity index (χ0) is 26.5. The van der Waals surface area contributed by atoms with E-state index in [1.54, 1.807) is 62.4 Å². The first-order valence-electron chi connectivity index (χ1n) is 11.6. The van der Waals surface area contributed by atoms with Crippen molar-refractivity contribution in [2.24, 2.45) is 4.99 Å². The van der Waals surface area contributed by atoms with E-state index in [1.807, 2.05) is 12.1 Å². The summed E-state index contributed by atoms with van der Waals surface area (Å²) in [5.41, 5.74) is 1.89. The van der Waals surface area contributed by atoms with Crippen LogP contribution in [-0.4, -0.2) is 29.7 Å². The van der Waals surface area contributed by atoms with Crippen LogP contribution in [0.4, 0.5) is 0 Å². The molecule has 0 spiro atoms. The largest absolute Gasteiger partial charge is 0.490 e. The van der Waals surface area contributed by atoms with Crippen LogP contribution in [0.5, 0.6) is 11.5 Å². The van der Waals surface area contributed by atoms with Crippen LogP contribution in [-0.2, 0) is 14.3 Å². The highest BCUT2D eigenvalue weighted by Crippen LogP contribution is 2.31. The molecule has 0 radical (unpaired) electrons. The van der Waals surface area contributed by atoms with Crippen molar-refractivity contribution in [2.75, 3.05) is 13.2 Å². The molecule has 190 valence electrons. The van der Waals surface area contributed by atoms with Crippen LogP contribution in [0.3, 0.4) is 0 Å². The highest BCUT2D eigenvalue weighted by molar-refractivity contribution is 7.07. The lowest BCUT2D eigenvalue weighted by atomic mass is 9.96. The van der Waals surface area contributed by atoms with E-state index in [-0.39, 0.29) is 12.2 Å². The molecule has 0 saturated heterocycles. The fourth-order valence-electron chi connectivity index (χ4n) is 3.99. The van der Waals surface area contributed by atoms with Gasteiger partial charge in [0.2, 0.25) is 0 Å². The number of carbonyl (C=O) groups excluding carboxylic acids is 2. The Kier molecular flexibility index (Phi) is 7.83. The summed E-state index contributed by atoms with van der Waals surface area (Å²) in [6, 6.07) is 13.4. The fourth-order valence-corrected chi connectivity index (χ4v) is 5.04. The summed E-state index contributed by atoms with van der Waals surface area (Å²) in [4.78, 5) is 43.1. The SMILES string of the molecule is C=CCOc1ccc(C2C(C(=O)OCC)=C(C)N=c3sc(=Cc4cccc(OC(C)=O)c4)c(=O)n32)cc1. The average Bonchev–Trinajstić information content (AvgIpc) is 3.16. The molecule has 1 unspecified atom stereocenters. The smallest absolute Gasteiger partial charge is 0.338 e. The second kappa shape index (κ2) is 11.2. The molecule has 1 atom stereocenters. The van der Waals surface area contributed by atoms with Crippen molar-refractivity contribution in [1.29, 1.82) is 0 Å². The average molecular weight is 519 g/mol. The molecule has 4 rings (SSSR count). The molecule has 0 fully saturated rings. The molecule has 0 N–H and O–H groups in total. The maximum absolute atomic E-state index is 13.7. The van der Waals surface area contributed by atoms with Crippen LogP contribution < -0.4 is 24.4 Å².